The molecule has 2 aliphatic heterocycles. The number of nitro benzene ring substituents is 1. The smallest absolute Gasteiger partial charge is 0.321 e. The summed E-state index contributed by atoms with van der Waals surface area (Å²) in [5.74, 6) is -1.87. The van der Waals surface area contributed by atoms with Gasteiger partial charge in [-0.3, -0.25) is 25.0 Å². The molecule has 1 aromatic rings. The lowest BCUT2D eigenvalue weighted by molar-refractivity contribution is -0.384. The van der Waals surface area contributed by atoms with Crippen LogP contribution in [-0.4, -0.2) is 72.4 Å². The summed E-state index contributed by atoms with van der Waals surface area (Å²) in [6.45, 7) is 4.87. The number of carbonyl (C=O) groups is 2. The Labute approximate surface area is 162 Å². The summed E-state index contributed by atoms with van der Waals surface area (Å²) >= 11 is 0. The lowest BCUT2D eigenvalue weighted by Gasteiger charge is -2.37. The lowest BCUT2D eigenvalue weighted by Crippen LogP contribution is -2.56. The maximum Gasteiger partial charge on any atom is 0.321 e. The van der Waals surface area contributed by atoms with Gasteiger partial charge >= 0.3 is 5.97 Å². The minimum Gasteiger partial charge on any atom is -0.465 e. The molecule has 0 saturated carbocycles. The highest BCUT2D eigenvalue weighted by Gasteiger charge is 2.42. The number of nitro groups is 1. The molecule has 0 bridgehead atoms. The number of amides is 1. The largest absolute Gasteiger partial charge is 0.465 e. The monoisotopic (exact) mass is 389 g/mol. The van der Waals surface area contributed by atoms with Crippen molar-refractivity contribution in [1.29, 1.82) is 0 Å². The molecule has 2 atom stereocenters. The van der Waals surface area contributed by atoms with Gasteiger partial charge in [0.05, 0.1) is 11.5 Å². The number of piperazine rings is 1. The first-order chi connectivity index (χ1) is 13.4. The summed E-state index contributed by atoms with van der Waals surface area (Å²) in [6.07, 6.45) is 0. The van der Waals surface area contributed by atoms with E-state index in [1.54, 1.807) is 6.92 Å². The normalized spacial score (nSPS) is 23.0. The molecule has 150 valence electrons. The van der Waals surface area contributed by atoms with Crippen molar-refractivity contribution in [2.24, 2.45) is 10.9 Å². The van der Waals surface area contributed by atoms with Crippen LogP contribution in [0.3, 0.4) is 0 Å². The Balaban J connectivity index is 1.94. The number of ether oxygens (including phenoxy) is 1. The number of hydrogen-bond acceptors (Lipinski definition) is 8. The molecule has 1 N–H and O–H groups in total. The van der Waals surface area contributed by atoms with Gasteiger partial charge in [0.2, 0.25) is 11.9 Å². The van der Waals surface area contributed by atoms with Crippen molar-refractivity contribution >= 4 is 23.5 Å². The Morgan fingerprint density at radius 2 is 1.93 bits per heavy atom. The molecule has 0 aromatic heterocycles. The van der Waals surface area contributed by atoms with Crippen LogP contribution in [0, 0.1) is 16.0 Å². The van der Waals surface area contributed by atoms with Gasteiger partial charge in [-0.25, -0.2) is 4.99 Å². The fourth-order valence-corrected chi connectivity index (χ4v) is 3.28. The second-order valence-corrected chi connectivity index (χ2v) is 6.76. The molecule has 3 rings (SSSR count). The topological polar surface area (TPSA) is 117 Å². The molecule has 0 unspecified atom stereocenters. The number of nitrogens with zero attached hydrogens (tertiary/aromatic N) is 4. The number of guanidine groups is 1. The molecule has 1 fully saturated rings. The third-order valence-electron chi connectivity index (χ3n) is 4.88. The quantitative estimate of drug-likeness (QED) is 0.346. The summed E-state index contributed by atoms with van der Waals surface area (Å²) in [6, 6.07) is 4.94. The van der Waals surface area contributed by atoms with E-state index in [-0.39, 0.29) is 12.3 Å². The maximum atomic E-state index is 12.7. The predicted octanol–water partition coefficient (Wildman–Crippen LogP) is 0.548. The van der Waals surface area contributed by atoms with Crippen molar-refractivity contribution in [1.82, 2.24) is 15.1 Å². The van der Waals surface area contributed by atoms with Crippen LogP contribution in [0.4, 0.5) is 5.69 Å². The maximum absolute atomic E-state index is 12.7. The van der Waals surface area contributed by atoms with Gasteiger partial charge in [-0.15, -0.1) is 0 Å². The van der Waals surface area contributed by atoms with Gasteiger partial charge in [0, 0.05) is 38.3 Å². The van der Waals surface area contributed by atoms with Crippen LogP contribution in [0.5, 0.6) is 0 Å². The predicted molar refractivity (Wildman–Crippen MR) is 101 cm³/mol. The van der Waals surface area contributed by atoms with Crippen molar-refractivity contribution in [3.05, 3.63) is 39.9 Å². The van der Waals surface area contributed by atoms with Crippen LogP contribution in [0.1, 0.15) is 18.5 Å². The van der Waals surface area contributed by atoms with Gasteiger partial charge in [-0.05, 0) is 19.5 Å². The van der Waals surface area contributed by atoms with Crippen molar-refractivity contribution < 1.29 is 19.2 Å². The molecule has 0 radical (unpaired) electrons. The number of likely N-dealkylation sites (N-methyl/N-ethyl adjacent to an activating group) is 1. The van der Waals surface area contributed by atoms with Gasteiger partial charge in [-0.1, -0.05) is 12.1 Å². The first kappa shape index (κ1) is 19.7. The molecule has 1 aromatic carbocycles. The van der Waals surface area contributed by atoms with Gasteiger partial charge in [-0.2, -0.15) is 0 Å². The Morgan fingerprint density at radius 3 is 2.50 bits per heavy atom. The molecule has 0 aliphatic carbocycles. The number of benzene rings is 1. The van der Waals surface area contributed by atoms with Gasteiger partial charge in [0.25, 0.3) is 5.69 Å². The second kappa shape index (κ2) is 8.34. The summed E-state index contributed by atoms with van der Waals surface area (Å²) in [5.41, 5.74) is 0.477. The zero-order valence-corrected chi connectivity index (χ0v) is 15.8. The Kier molecular flexibility index (Phi) is 5.88. The fourth-order valence-electron chi connectivity index (χ4n) is 3.28. The molecule has 10 nitrogen and oxygen atoms in total. The van der Waals surface area contributed by atoms with E-state index < -0.39 is 28.8 Å². The second-order valence-electron chi connectivity index (χ2n) is 6.76. The lowest BCUT2D eigenvalue weighted by atomic mass is 9.91. The minimum atomic E-state index is -1.14. The fraction of sp³-hybridized carbons (Fsp3) is 0.500. The van der Waals surface area contributed by atoms with Gasteiger partial charge < -0.3 is 14.5 Å². The highest BCUT2D eigenvalue weighted by molar-refractivity contribution is 6.08. The van der Waals surface area contributed by atoms with Crippen LogP contribution in [0.15, 0.2) is 29.3 Å². The van der Waals surface area contributed by atoms with Gasteiger partial charge in [0.15, 0.2) is 5.92 Å². The number of carbonyl (C=O) groups excluding carboxylic acids is 2. The third-order valence-corrected chi connectivity index (χ3v) is 4.88. The zero-order chi connectivity index (χ0) is 20.3. The van der Waals surface area contributed by atoms with Crippen molar-refractivity contribution in [3.63, 3.8) is 0 Å². The molecular formula is C18H23N5O5. The van der Waals surface area contributed by atoms with Crippen LogP contribution >= 0.6 is 0 Å². The van der Waals surface area contributed by atoms with E-state index in [4.69, 9.17) is 4.74 Å². The van der Waals surface area contributed by atoms with Crippen molar-refractivity contribution in [2.45, 2.75) is 13.0 Å². The number of nitrogens with one attached hydrogen (secondary N) is 1. The average Bonchev–Trinajstić information content (AvgIpc) is 2.68. The highest BCUT2D eigenvalue weighted by Crippen LogP contribution is 2.32. The van der Waals surface area contributed by atoms with E-state index in [2.05, 4.69) is 15.2 Å². The van der Waals surface area contributed by atoms with E-state index >= 15 is 0 Å². The standard InChI is InChI=1S/C18H23N5O5/c1-3-28-17(25)14-15(12-4-6-13(7-5-12)23(26)27)19-18(20-16(14)24)22-10-8-21(2)9-11-22/h4-7,14-15H,3,8-11H2,1-2H3,(H,19,20,24)/t14-,15-/m0/s1. The molecule has 1 amide bonds. The Hall–Kier alpha value is -3.01. The summed E-state index contributed by atoms with van der Waals surface area (Å²) in [5, 5.41) is 13.6. The number of aliphatic imine (C=N–C) groups is 1. The summed E-state index contributed by atoms with van der Waals surface area (Å²) in [4.78, 5) is 44.4. The molecule has 1 saturated heterocycles. The molecular weight excluding hydrogens is 366 g/mol. The molecule has 28 heavy (non-hydrogen) atoms. The zero-order valence-electron chi connectivity index (χ0n) is 15.8. The molecule has 2 aliphatic rings. The molecule has 2 heterocycles. The third kappa shape index (κ3) is 4.11. The molecule has 10 heteroatoms. The van der Waals surface area contributed by atoms with E-state index in [0.29, 0.717) is 24.6 Å². The first-order valence-corrected chi connectivity index (χ1v) is 9.14. The Morgan fingerprint density at radius 1 is 1.29 bits per heavy atom. The van der Waals surface area contributed by atoms with Crippen LogP contribution < -0.4 is 5.32 Å². The van der Waals surface area contributed by atoms with Crippen LogP contribution in [0.25, 0.3) is 0 Å². The average molecular weight is 389 g/mol. The SMILES string of the molecule is CCOC(=O)[C@@H]1C(=O)NC(N2CCN(C)CC2)=N[C@H]1c1ccc([N+](=O)[O-])cc1. The van der Waals surface area contributed by atoms with E-state index in [0.717, 1.165) is 13.1 Å². The summed E-state index contributed by atoms with van der Waals surface area (Å²) in [7, 11) is 2.02. The van der Waals surface area contributed by atoms with E-state index in [1.165, 1.54) is 24.3 Å². The number of esters is 1. The van der Waals surface area contributed by atoms with Crippen LogP contribution in [-0.2, 0) is 14.3 Å². The number of rotatable bonds is 4. The first-order valence-electron chi connectivity index (χ1n) is 9.14. The van der Waals surface area contributed by atoms with E-state index in [1.807, 2.05) is 11.9 Å². The number of hydrogen-bond donors (Lipinski definition) is 1. The van der Waals surface area contributed by atoms with Gasteiger partial charge in [0.1, 0.15) is 6.04 Å². The summed E-state index contributed by atoms with van der Waals surface area (Å²) < 4.78 is 5.06. The van der Waals surface area contributed by atoms with Crippen LogP contribution in [0.2, 0.25) is 0 Å². The Bertz CT molecular complexity index is 786. The van der Waals surface area contributed by atoms with Crippen molar-refractivity contribution in [3.8, 4) is 0 Å². The molecule has 0 spiro atoms. The van der Waals surface area contributed by atoms with E-state index in [9.17, 15) is 19.7 Å². The number of non-ortho nitro benzene ring substituents is 1. The van der Waals surface area contributed by atoms with Crippen molar-refractivity contribution in [2.75, 3.05) is 39.8 Å². The highest BCUT2D eigenvalue weighted by atomic mass is 16.6. The minimum absolute atomic E-state index is 0.0695.